The molecule has 3 heterocycles. The molecule has 1 amide bonds. The lowest BCUT2D eigenvalue weighted by Crippen LogP contribution is -2.58. The van der Waals surface area contributed by atoms with Gasteiger partial charge in [0.15, 0.2) is 0 Å². The Morgan fingerprint density at radius 3 is 2.60 bits per heavy atom. The molecule has 3 aromatic carbocycles. The maximum Gasteiger partial charge on any atom is 0.305 e. The molecule has 1 aromatic heterocycles. The fourth-order valence-corrected chi connectivity index (χ4v) is 7.11. The molecule has 1 spiro atoms. The molecule has 238 valence electrons. The third kappa shape index (κ3) is 7.74. The molecule has 45 heavy (non-hydrogen) atoms. The number of nitrogens with one attached hydrogen (secondary N) is 2. The molecule has 10 nitrogen and oxygen atoms in total. The standard InChI is InChI=1S/C34H40N4O6S/c39-28-11-10-27(32-31(28)36-33(42)45-32)29(40)22-35-21-25-6-8-26(9-7-25)43-18-16-37-14-12-34(13-15-37)23-38(17-19-44-34)30(41)20-24-4-2-1-3-5-24/h1-11,29,35,39-40H,12-23H2,(H,36,42). The van der Waals surface area contributed by atoms with Gasteiger partial charge in [-0.2, -0.15) is 0 Å². The first-order valence-corrected chi connectivity index (χ1v) is 16.3. The van der Waals surface area contributed by atoms with Crippen molar-refractivity contribution in [2.24, 2.45) is 0 Å². The van der Waals surface area contributed by atoms with Crippen molar-refractivity contribution in [3.8, 4) is 11.5 Å². The Morgan fingerprint density at radius 1 is 1.04 bits per heavy atom. The minimum Gasteiger partial charge on any atom is -0.506 e. The molecule has 1 unspecified atom stereocenters. The van der Waals surface area contributed by atoms with Crippen LogP contribution in [0, 0.1) is 0 Å². The van der Waals surface area contributed by atoms with Crippen LogP contribution in [0.2, 0.25) is 0 Å². The number of carbonyl (C=O) groups is 1. The van der Waals surface area contributed by atoms with E-state index in [-0.39, 0.29) is 22.1 Å². The number of thiazole rings is 1. The van der Waals surface area contributed by atoms with E-state index in [0.29, 0.717) is 61.6 Å². The molecule has 4 N–H and O–H groups in total. The van der Waals surface area contributed by atoms with Gasteiger partial charge in [-0.3, -0.25) is 14.5 Å². The Bertz CT molecular complexity index is 1630. The van der Waals surface area contributed by atoms with Gasteiger partial charge >= 0.3 is 4.87 Å². The van der Waals surface area contributed by atoms with Crippen molar-refractivity contribution in [2.75, 3.05) is 52.5 Å². The second-order valence-electron chi connectivity index (χ2n) is 11.9. The largest absolute Gasteiger partial charge is 0.506 e. The summed E-state index contributed by atoms with van der Waals surface area (Å²) in [5.74, 6) is 0.976. The molecule has 0 radical (unpaired) electrons. The Balaban J connectivity index is 0.899. The van der Waals surface area contributed by atoms with E-state index in [2.05, 4.69) is 15.2 Å². The van der Waals surface area contributed by atoms with E-state index in [0.717, 1.165) is 60.7 Å². The Labute approximate surface area is 266 Å². The second kappa shape index (κ2) is 14.1. The zero-order valence-electron chi connectivity index (χ0n) is 25.2. The summed E-state index contributed by atoms with van der Waals surface area (Å²) in [4.78, 5) is 31.4. The first-order chi connectivity index (χ1) is 21.9. The van der Waals surface area contributed by atoms with Gasteiger partial charge in [-0.05, 0) is 42.2 Å². The number of rotatable bonds is 11. The molecule has 2 aliphatic rings. The zero-order chi connectivity index (χ0) is 31.2. The molecule has 6 rings (SSSR count). The first-order valence-electron chi connectivity index (χ1n) is 15.5. The number of amides is 1. The first kappa shape index (κ1) is 31.3. The Kier molecular flexibility index (Phi) is 9.82. The van der Waals surface area contributed by atoms with Crippen LogP contribution in [0.5, 0.6) is 11.5 Å². The third-order valence-corrected chi connectivity index (χ3v) is 9.71. The predicted octanol–water partition coefficient (Wildman–Crippen LogP) is 3.43. The molecular formula is C34H40N4O6S. The lowest BCUT2D eigenvalue weighted by atomic mass is 9.89. The van der Waals surface area contributed by atoms with Crippen molar-refractivity contribution in [1.82, 2.24) is 20.1 Å². The van der Waals surface area contributed by atoms with E-state index in [1.807, 2.05) is 59.5 Å². The Hall–Kier alpha value is -3.74. The molecule has 11 heteroatoms. The number of hydrogen-bond donors (Lipinski definition) is 4. The van der Waals surface area contributed by atoms with E-state index in [9.17, 15) is 19.8 Å². The van der Waals surface area contributed by atoms with Crippen LogP contribution in [0.1, 0.15) is 35.6 Å². The summed E-state index contributed by atoms with van der Waals surface area (Å²) in [7, 11) is 0. The van der Waals surface area contributed by atoms with Crippen LogP contribution < -0.4 is 14.9 Å². The highest BCUT2D eigenvalue weighted by molar-refractivity contribution is 7.16. The zero-order valence-corrected chi connectivity index (χ0v) is 26.1. The number of nitrogens with zero attached hydrogens (tertiary/aromatic N) is 2. The van der Waals surface area contributed by atoms with E-state index in [4.69, 9.17) is 9.47 Å². The van der Waals surface area contributed by atoms with Gasteiger partial charge in [0.25, 0.3) is 0 Å². The van der Waals surface area contributed by atoms with E-state index < -0.39 is 6.10 Å². The topological polar surface area (TPSA) is 127 Å². The van der Waals surface area contributed by atoms with Gasteiger partial charge in [-0.15, -0.1) is 0 Å². The summed E-state index contributed by atoms with van der Waals surface area (Å²) in [6.45, 7) is 6.03. The number of ether oxygens (including phenoxy) is 2. The van der Waals surface area contributed by atoms with Gasteiger partial charge in [-0.1, -0.05) is 59.9 Å². The smallest absolute Gasteiger partial charge is 0.305 e. The highest BCUT2D eigenvalue weighted by Crippen LogP contribution is 2.32. The van der Waals surface area contributed by atoms with Crippen molar-refractivity contribution < 1.29 is 24.5 Å². The lowest BCUT2D eigenvalue weighted by Gasteiger charge is -2.47. The average Bonchev–Trinajstić information content (AvgIpc) is 3.46. The number of aromatic hydroxyl groups is 1. The van der Waals surface area contributed by atoms with Gasteiger partial charge in [-0.25, -0.2) is 0 Å². The maximum atomic E-state index is 13.0. The van der Waals surface area contributed by atoms with Crippen LogP contribution in [-0.4, -0.2) is 89.0 Å². The molecule has 0 saturated carbocycles. The van der Waals surface area contributed by atoms with E-state index in [1.165, 1.54) is 6.07 Å². The summed E-state index contributed by atoms with van der Waals surface area (Å²) in [6, 6.07) is 21.0. The SMILES string of the molecule is O=C(Cc1ccccc1)N1CCOC2(CCN(CCOc3ccc(CNCC(O)c4ccc(O)c5[nH]c(=O)sc45)cc3)CC2)C1. The van der Waals surface area contributed by atoms with Gasteiger partial charge in [0, 0.05) is 51.4 Å². The fraction of sp³-hybridized carbons (Fsp3) is 0.412. The second-order valence-corrected chi connectivity index (χ2v) is 12.9. The molecule has 2 aliphatic heterocycles. The number of aromatic nitrogens is 1. The number of aromatic amines is 1. The van der Waals surface area contributed by atoms with Crippen molar-refractivity contribution in [3.05, 3.63) is 93.1 Å². The minimum absolute atomic E-state index is 0.00607. The van der Waals surface area contributed by atoms with Crippen molar-refractivity contribution >= 4 is 27.5 Å². The van der Waals surface area contributed by atoms with Crippen LogP contribution >= 0.6 is 11.3 Å². The van der Waals surface area contributed by atoms with Gasteiger partial charge < -0.3 is 34.9 Å². The molecule has 0 aliphatic carbocycles. The number of morpholine rings is 1. The molecule has 1 atom stereocenters. The Morgan fingerprint density at radius 2 is 1.82 bits per heavy atom. The molecule has 4 aromatic rings. The number of phenols is 1. The molecule has 2 saturated heterocycles. The van der Waals surface area contributed by atoms with Crippen LogP contribution in [0.25, 0.3) is 10.2 Å². The van der Waals surface area contributed by atoms with Gasteiger partial charge in [0.1, 0.15) is 23.6 Å². The summed E-state index contributed by atoms with van der Waals surface area (Å²) in [5.41, 5.74) is 2.82. The molecular weight excluding hydrogens is 592 g/mol. The molecule has 0 bridgehead atoms. The van der Waals surface area contributed by atoms with Crippen molar-refractivity contribution in [1.29, 1.82) is 0 Å². The average molecular weight is 633 g/mol. The monoisotopic (exact) mass is 632 g/mol. The van der Waals surface area contributed by atoms with E-state index >= 15 is 0 Å². The highest BCUT2D eigenvalue weighted by Gasteiger charge is 2.40. The number of carbonyl (C=O) groups excluding carboxylic acids is 1. The van der Waals surface area contributed by atoms with E-state index in [1.54, 1.807) is 6.07 Å². The van der Waals surface area contributed by atoms with Crippen LogP contribution in [0.3, 0.4) is 0 Å². The van der Waals surface area contributed by atoms with Crippen molar-refractivity contribution in [2.45, 2.75) is 37.5 Å². The maximum absolute atomic E-state index is 13.0. The normalized spacial score (nSPS) is 17.5. The quantitative estimate of drug-likeness (QED) is 0.198. The molecule has 2 fully saturated rings. The predicted molar refractivity (Wildman–Crippen MR) is 174 cm³/mol. The minimum atomic E-state index is -0.822. The lowest BCUT2D eigenvalue weighted by molar-refractivity contribution is -0.159. The number of fused-ring (bicyclic) bond motifs is 1. The number of hydrogen-bond acceptors (Lipinski definition) is 9. The number of phenolic OH excluding ortho intramolecular Hbond substituents is 1. The van der Waals surface area contributed by atoms with Crippen LogP contribution in [0.15, 0.2) is 71.5 Å². The van der Waals surface area contributed by atoms with Gasteiger partial charge in [0.2, 0.25) is 5.91 Å². The van der Waals surface area contributed by atoms with Crippen LogP contribution in [-0.2, 0) is 22.5 Å². The number of H-pyrrole nitrogens is 1. The number of benzene rings is 3. The third-order valence-electron chi connectivity index (χ3n) is 8.78. The van der Waals surface area contributed by atoms with Crippen molar-refractivity contribution in [3.63, 3.8) is 0 Å². The summed E-state index contributed by atoms with van der Waals surface area (Å²) in [5, 5.41) is 23.9. The number of likely N-dealkylation sites (tertiary alicyclic amines) is 1. The number of aliphatic hydroxyl groups is 1. The van der Waals surface area contributed by atoms with Gasteiger partial charge in [0.05, 0.1) is 29.4 Å². The highest BCUT2D eigenvalue weighted by atomic mass is 32.1. The number of piperidine rings is 1. The fourth-order valence-electron chi connectivity index (χ4n) is 6.19. The summed E-state index contributed by atoms with van der Waals surface area (Å²) < 4.78 is 12.9. The number of aliphatic hydroxyl groups excluding tert-OH is 1. The summed E-state index contributed by atoms with van der Waals surface area (Å²) >= 11 is 0.980. The summed E-state index contributed by atoms with van der Waals surface area (Å²) in [6.07, 6.45) is 1.42. The van der Waals surface area contributed by atoms with Crippen LogP contribution in [0.4, 0.5) is 0 Å².